The van der Waals surface area contributed by atoms with E-state index in [0.717, 1.165) is 0 Å². The van der Waals surface area contributed by atoms with Crippen molar-refractivity contribution in [2.75, 3.05) is 19.6 Å². The summed E-state index contributed by atoms with van der Waals surface area (Å²) in [4.78, 5) is 2.38. The zero-order valence-electron chi connectivity index (χ0n) is 7.44. The van der Waals surface area contributed by atoms with Gasteiger partial charge in [-0.05, 0) is 19.6 Å². The molecule has 0 aliphatic carbocycles. The van der Waals surface area contributed by atoms with Crippen molar-refractivity contribution in [1.82, 2.24) is 4.90 Å². The number of hydrogen-bond acceptors (Lipinski definition) is 1. The minimum absolute atomic E-state index is 0. The van der Waals surface area contributed by atoms with Crippen molar-refractivity contribution in [1.29, 1.82) is 0 Å². The third kappa shape index (κ3) is 18.4. The van der Waals surface area contributed by atoms with E-state index in [1.807, 2.05) is 0 Å². The van der Waals surface area contributed by atoms with Crippen molar-refractivity contribution in [2.24, 2.45) is 0 Å². The summed E-state index contributed by atoms with van der Waals surface area (Å²) in [6, 6.07) is 0. The maximum atomic E-state index is 2.38. The molecule has 5 heteroatoms. The van der Waals surface area contributed by atoms with E-state index in [1.165, 1.54) is 19.6 Å². The molecule has 0 aromatic carbocycles. The van der Waals surface area contributed by atoms with Gasteiger partial charge < -0.3 is 29.7 Å². The zero-order valence-corrected chi connectivity index (χ0v) is 12.7. The third-order valence-electron chi connectivity index (χ3n) is 1.34. The van der Waals surface area contributed by atoms with Crippen LogP contribution in [0, 0.1) is 0 Å². The molecule has 0 unspecified atom stereocenters. The van der Waals surface area contributed by atoms with Crippen LogP contribution in [0.4, 0.5) is 0 Å². The number of rotatable bonds is 3. The van der Waals surface area contributed by atoms with Crippen molar-refractivity contribution in [2.45, 2.75) is 20.8 Å². The van der Waals surface area contributed by atoms with Crippen molar-refractivity contribution >= 4 is 12.4 Å². The molecule has 0 saturated heterocycles. The van der Waals surface area contributed by atoms with Crippen molar-refractivity contribution in [3.8, 4) is 0 Å². The summed E-state index contributed by atoms with van der Waals surface area (Å²) in [5.74, 6) is 0. The topological polar surface area (TPSA) is 3.24 Å². The Hall–Kier alpha value is 1.45. The first-order valence-corrected chi connectivity index (χ1v) is 3.07. The van der Waals surface area contributed by atoms with E-state index in [2.05, 4.69) is 25.7 Å². The van der Waals surface area contributed by atoms with Crippen LogP contribution in [0.2, 0.25) is 0 Å². The summed E-state index contributed by atoms with van der Waals surface area (Å²) in [5, 5.41) is 0. The van der Waals surface area contributed by atoms with E-state index in [9.17, 15) is 0 Å². The molecule has 11 heavy (non-hydrogen) atoms. The Labute approximate surface area is 102 Å². The van der Waals surface area contributed by atoms with E-state index >= 15 is 0 Å². The summed E-state index contributed by atoms with van der Waals surface area (Å²) < 4.78 is 0. The Kier molecular flexibility index (Phi) is 60.2. The molecule has 0 spiro atoms. The minimum atomic E-state index is 0. The van der Waals surface area contributed by atoms with Crippen molar-refractivity contribution < 1.29 is 44.3 Å². The van der Waals surface area contributed by atoms with Gasteiger partial charge in [-0.2, -0.15) is 0 Å². The Morgan fingerprint density at radius 3 is 1.00 bits per heavy atom. The van der Waals surface area contributed by atoms with Crippen molar-refractivity contribution in [3.63, 3.8) is 0 Å². The molecule has 0 amide bonds. The van der Waals surface area contributed by atoms with Gasteiger partial charge in [-0.3, -0.25) is 0 Å². The maximum Gasteiger partial charge on any atom is 2.00 e. The molecule has 0 aromatic heterocycles. The molecule has 0 rings (SSSR count). The maximum absolute atomic E-state index is 2.38. The monoisotopic (exact) mass is 271 g/mol. The van der Waals surface area contributed by atoms with Crippen LogP contribution in [0.5, 0.6) is 0 Å². The zero-order chi connectivity index (χ0) is 5.70. The normalized spacial score (nSPS) is 6.55. The molecule has 0 heterocycles. The molecule has 0 aliphatic heterocycles. The smallest absolute Gasteiger partial charge is 1.00 e. The van der Waals surface area contributed by atoms with Gasteiger partial charge in [0.05, 0.1) is 0 Å². The number of nitrogens with zero attached hydrogens (tertiary/aromatic N) is 1. The van der Waals surface area contributed by atoms with Crippen LogP contribution >= 0.6 is 12.4 Å². The van der Waals surface area contributed by atoms with Crippen LogP contribution in [0.1, 0.15) is 20.8 Å². The summed E-state index contributed by atoms with van der Waals surface area (Å²) in [7, 11) is 0. The summed E-state index contributed by atoms with van der Waals surface area (Å²) in [6.45, 7) is 10.1. The summed E-state index contributed by atoms with van der Waals surface area (Å²) in [6.07, 6.45) is 0. The molecule has 0 atom stereocenters. The summed E-state index contributed by atoms with van der Waals surface area (Å²) >= 11 is 0. The fourth-order valence-corrected chi connectivity index (χ4v) is 0.671. The predicted molar refractivity (Wildman–Crippen MR) is 40.7 cm³/mol. The Bertz CT molecular complexity index is 39.3. The predicted octanol–water partition coefficient (Wildman–Crippen LogP) is -4.22. The standard InChI is InChI=1S/C6H15N.3ClH.Zn/c1-4-7(5-2)6-3;;;;/h4-6H2,1-3H3;3*1H;/q;;;;+2/p-2. The SMILES string of the molecule is CCN(CC)CC.Cl.[Cl-].[Cl-].[Zn+2]. The van der Waals surface area contributed by atoms with Crippen LogP contribution in [-0.2, 0) is 19.5 Å². The van der Waals surface area contributed by atoms with Gasteiger partial charge in [0.2, 0.25) is 0 Å². The van der Waals surface area contributed by atoms with Gasteiger partial charge in [-0.25, -0.2) is 0 Å². The van der Waals surface area contributed by atoms with Crippen LogP contribution in [0.3, 0.4) is 0 Å². The van der Waals surface area contributed by atoms with Gasteiger partial charge in [0, 0.05) is 0 Å². The van der Waals surface area contributed by atoms with Crippen LogP contribution < -0.4 is 24.8 Å². The first-order chi connectivity index (χ1) is 3.35. The van der Waals surface area contributed by atoms with Crippen molar-refractivity contribution in [3.05, 3.63) is 0 Å². The fourth-order valence-electron chi connectivity index (χ4n) is 0.671. The second kappa shape index (κ2) is 22.5. The Balaban J connectivity index is -0.0000000300. The average molecular weight is 274 g/mol. The van der Waals surface area contributed by atoms with E-state index in [1.54, 1.807) is 0 Å². The molecule has 0 radical (unpaired) electrons. The minimum Gasteiger partial charge on any atom is -1.00 e. The quantitative estimate of drug-likeness (QED) is 0.471. The second-order valence-electron chi connectivity index (χ2n) is 1.62. The van der Waals surface area contributed by atoms with E-state index in [-0.39, 0.29) is 56.7 Å². The molecule has 0 aromatic rings. The molecular formula is C6H16Cl3NZn. The van der Waals surface area contributed by atoms with Crippen LogP contribution in [0.15, 0.2) is 0 Å². The van der Waals surface area contributed by atoms with Gasteiger partial charge in [-0.1, -0.05) is 20.8 Å². The largest absolute Gasteiger partial charge is 2.00 e. The third-order valence-corrected chi connectivity index (χ3v) is 1.34. The van der Waals surface area contributed by atoms with Gasteiger partial charge in [-0.15, -0.1) is 12.4 Å². The van der Waals surface area contributed by atoms with Gasteiger partial charge in [0.25, 0.3) is 0 Å². The second-order valence-corrected chi connectivity index (χ2v) is 1.62. The molecule has 1 nitrogen and oxygen atoms in total. The van der Waals surface area contributed by atoms with E-state index < -0.39 is 0 Å². The van der Waals surface area contributed by atoms with E-state index in [0.29, 0.717) is 0 Å². The first-order valence-electron chi connectivity index (χ1n) is 3.07. The molecule has 68 valence electrons. The van der Waals surface area contributed by atoms with Gasteiger partial charge in [0.15, 0.2) is 0 Å². The van der Waals surface area contributed by atoms with Crippen LogP contribution in [-0.4, -0.2) is 24.5 Å². The van der Waals surface area contributed by atoms with Gasteiger partial charge in [0.1, 0.15) is 0 Å². The average Bonchev–Trinajstić information content (AvgIpc) is 1.72. The van der Waals surface area contributed by atoms with Gasteiger partial charge >= 0.3 is 19.5 Å². The Morgan fingerprint density at radius 2 is 1.00 bits per heavy atom. The molecule has 0 aliphatic rings. The molecule has 0 bridgehead atoms. The molecule has 0 saturated carbocycles. The summed E-state index contributed by atoms with van der Waals surface area (Å²) in [5.41, 5.74) is 0. The first kappa shape index (κ1) is 29.4. The number of halogens is 3. The van der Waals surface area contributed by atoms with Crippen LogP contribution in [0.25, 0.3) is 0 Å². The number of hydrogen-bond donors (Lipinski definition) is 0. The molecular weight excluding hydrogens is 258 g/mol. The molecule has 0 fully saturated rings. The molecule has 0 N–H and O–H groups in total. The Morgan fingerprint density at radius 1 is 0.818 bits per heavy atom. The van der Waals surface area contributed by atoms with E-state index in [4.69, 9.17) is 0 Å². The fraction of sp³-hybridized carbons (Fsp3) is 1.00.